The second kappa shape index (κ2) is 13.0. The first-order valence-electron chi connectivity index (χ1n) is 13.8. The molecule has 5 rings (SSSR count). The summed E-state index contributed by atoms with van der Waals surface area (Å²) < 4.78 is 70.6. The van der Waals surface area contributed by atoms with Gasteiger partial charge in [-0.25, -0.2) is 13.8 Å². The molecule has 1 aromatic heterocycles. The second-order valence-electron chi connectivity index (χ2n) is 10.4. The highest BCUT2D eigenvalue weighted by molar-refractivity contribution is 6.04. The second-order valence-corrected chi connectivity index (χ2v) is 10.4. The number of amides is 2. The highest BCUT2D eigenvalue weighted by atomic mass is 19.3. The minimum Gasteiger partial charge on any atom is -0.497 e. The summed E-state index contributed by atoms with van der Waals surface area (Å²) in [6.45, 7) is -0.276. The van der Waals surface area contributed by atoms with Crippen LogP contribution in [-0.2, 0) is 4.79 Å². The highest BCUT2D eigenvalue weighted by Gasteiger charge is 2.46. The zero-order chi connectivity index (χ0) is 31.5. The zero-order valence-electron chi connectivity index (χ0n) is 24.2. The number of methoxy groups -OCH3 is 2. The number of piperazine rings is 1. The third-order valence-corrected chi connectivity index (χ3v) is 7.71. The van der Waals surface area contributed by atoms with Crippen molar-refractivity contribution in [2.24, 2.45) is 0 Å². The molecular formula is C30H31F4N5O5. The van der Waals surface area contributed by atoms with Crippen molar-refractivity contribution < 1.29 is 41.4 Å². The molecule has 0 bridgehead atoms. The van der Waals surface area contributed by atoms with Gasteiger partial charge in [-0.3, -0.25) is 14.5 Å². The van der Waals surface area contributed by atoms with Gasteiger partial charge in [-0.05, 0) is 31.3 Å². The van der Waals surface area contributed by atoms with Gasteiger partial charge in [-0.1, -0.05) is 0 Å². The van der Waals surface area contributed by atoms with Gasteiger partial charge in [0.25, 0.3) is 11.8 Å². The molecule has 1 unspecified atom stereocenters. The number of nitrogens with one attached hydrogen (secondary N) is 1. The number of carbonyl (C=O) groups is 2. The van der Waals surface area contributed by atoms with Crippen LogP contribution in [-0.4, -0.2) is 88.3 Å². The van der Waals surface area contributed by atoms with Gasteiger partial charge in [0.1, 0.15) is 46.6 Å². The molecule has 1 N–H and O–H groups in total. The molecule has 3 heterocycles. The molecule has 10 nitrogen and oxygen atoms in total. The normalized spacial score (nSPS) is 19.0. The van der Waals surface area contributed by atoms with Crippen molar-refractivity contribution in [3.8, 4) is 17.2 Å². The summed E-state index contributed by atoms with van der Waals surface area (Å²) in [5, 5.41) is 2.59. The van der Waals surface area contributed by atoms with Crippen LogP contribution in [0.4, 0.5) is 29.2 Å². The van der Waals surface area contributed by atoms with Crippen molar-refractivity contribution in [2.75, 3.05) is 63.8 Å². The Morgan fingerprint density at radius 2 is 1.50 bits per heavy atom. The first-order chi connectivity index (χ1) is 21.1. The Morgan fingerprint density at radius 3 is 2.09 bits per heavy atom. The Morgan fingerprint density at radius 1 is 0.909 bits per heavy atom. The standard InChI is InChI=1S/C30H31F4N5O5/c1-37-8-10-38(11-9-37)24-14-20(43-3)15-25(35-24)39-16-21(26-22(31)12-19(42-2)13-23(26)32)27(29(39)41)36-28(40)17-4-6-18(7-5-17)44-30(33)34/h4-7,12-15,21,27,30H,8-11,16H2,1-3H3,(H,36,40)/t21-,27?/m0/s1. The Balaban J connectivity index is 1.50. The Bertz CT molecular complexity index is 1500. The lowest BCUT2D eigenvalue weighted by Gasteiger charge is -2.33. The minimum absolute atomic E-state index is 0.0177. The zero-order valence-corrected chi connectivity index (χ0v) is 24.2. The number of alkyl halides is 2. The number of hydrogen-bond donors (Lipinski definition) is 1. The Kier molecular flexibility index (Phi) is 9.09. The topological polar surface area (TPSA) is 96.5 Å². The lowest BCUT2D eigenvalue weighted by atomic mass is 9.92. The van der Waals surface area contributed by atoms with Crippen molar-refractivity contribution in [2.45, 2.75) is 18.6 Å². The van der Waals surface area contributed by atoms with Crippen LogP contribution in [0.5, 0.6) is 17.2 Å². The van der Waals surface area contributed by atoms with E-state index in [0.717, 1.165) is 25.2 Å². The minimum atomic E-state index is -3.05. The fraction of sp³-hybridized carbons (Fsp3) is 0.367. The van der Waals surface area contributed by atoms with E-state index in [2.05, 4.69) is 15.0 Å². The van der Waals surface area contributed by atoms with Gasteiger partial charge in [0.05, 0.1) is 14.2 Å². The van der Waals surface area contributed by atoms with Gasteiger partial charge in [-0.15, -0.1) is 0 Å². The Labute approximate surface area is 251 Å². The molecule has 2 amide bonds. The molecule has 2 saturated heterocycles. The number of likely N-dealkylation sites (N-methyl/N-ethyl adjacent to an activating group) is 1. The van der Waals surface area contributed by atoms with Crippen molar-refractivity contribution >= 4 is 23.5 Å². The summed E-state index contributed by atoms with van der Waals surface area (Å²) in [6.07, 6.45) is 0. The number of rotatable bonds is 9. The number of ether oxygens (including phenoxy) is 3. The van der Waals surface area contributed by atoms with Crippen LogP contribution in [0.3, 0.4) is 0 Å². The van der Waals surface area contributed by atoms with Crippen molar-refractivity contribution in [3.63, 3.8) is 0 Å². The monoisotopic (exact) mass is 617 g/mol. The molecule has 2 aliphatic rings. The maximum Gasteiger partial charge on any atom is 0.387 e. The maximum absolute atomic E-state index is 15.4. The number of pyridine rings is 1. The summed E-state index contributed by atoms with van der Waals surface area (Å²) >= 11 is 0. The van der Waals surface area contributed by atoms with Crippen molar-refractivity contribution in [3.05, 3.63) is 71.3 Å². The summed E-state index contributed by atoms with van der Waals surface area (Å²) in [6, 6.07) is 8.70. The van der Waals surface area contributed by atoms with Crippen molar-refractivity contribution in [1.29, 1.82) is 0 Å². The number of halogens is 4. The summed E-state index contributed by atoms with van der Waals surface area (Å²) in [5.74, 6) is -3.52. The quantitative estimate of drug-likeness (QED) is 0.364. The molecule has 234 valence electrons. The molecule has 0 saturated carbocycles. The van der Waals surface area contributed by atoms with Gasteiger partial charge in [-0.2, -0.15) is 8.78 Å². The molecule has 2 atom stereocenters. The van der Waals surface area contributed by atoms with Crippen LogP contribution in [0.2, 0.25) is 0 Å². The first kappa shape index (κ1) is 30.9. The van der Waals surface area contributed by atoms with E-state index in [9.17, 15) is 18.4 Å². The molecule has 2 fully saturated rings. The fourth-order valence-corrected chi connectivity index (χ4v) is 5.34. The first-order valence-corrected chi connectivity index (χ1v) is 13.8. The van der Waals surface area contributed by atoms with E-state index in [4.69, 9.17) is 14.5 Å². The van der Waals surface area contributed by atoms with Gasteiger partial charge >= 0.3 is 6.61 Å². The van der Waals surface area contributed by atoms with Crippen LogP contribution in [0.15, 0.2) is 48.5 Å². The molecule has 0 aliphatic carbocycles. The van der Waals surface area contributed by atoms with Crippen LogP contribution in [0.25, 0.3) is 0 Å². The molecule has 44 heavy (non-hydrogen) atoms. The van der Waals surface area contributed by atoms with Crippen LogP contribution < -0.4 is 29.3 Å². The predicted molar refractivity (Wildman–Crippen MR) is 153 cm³/mol. The summed E-state index contributed by atoms with van der Waals surface area (Å²) in [7, 11) is 4.76. The molecule has 0 spiro atoms. The van der Waals surface area contributed by atoms with E-state index in [1.807, 2.05) is 11.9 Å². The van der Waals surface area contributed by atoms with E-state index in [0.29, 0.717) is 24.7 Å². The van der Waals surface area contributed by atoms with E-state index < -0.39 is 47.6 Å². The fourth-order valence-electron chi connectivity index (χ4n) is 5.34. The van der Waals surface area contributed by atoms with Crippen LogP contribution in [0, 0.1) is 11.6 Å². The number of aromatic nitrogens is 1. The highest BCUT2D eigenvalue weighted by Crippen LogP contribution is 2.37. The van der Waals surface area contributed by atoms with Gasteiger partial charge < -0.3 is 29.3 Å². The average molecular weight is 618 g/mol. The third kappa shape index (κ3) is 6.49. The number of anilines is 2. The number of hydrogen-bond acceptors (Lipinski definition) is 8. The largest absolute Gasteiger partial charge is 0.497 e. The number of carbonyl (C=O) groups excluding carboxylic acids is 2. The van der Waals surface area contributed by atoms with Crippen LogP contribution >= 0.6 is 0 Å². The lowest BCUT2D eigenvalue weighted by Crippen LogP contribution is -2.45. The number of benzene rings is 2. The molecule has 3 aromatic rings. The SMILES string of the molecule is COc1cc(N2CCN(C)CC2)nc(N2C[C@@H](c3c(F)cc(OC)cc3F)C(NC(=O)c3ccc(OC(F)F)cc3)C2=O)c1. The van der Waals surface area contributed by atoms with E-state index in [1.54, 1.807) is 12.1 Å². The summed E-state index contributed by atoms with van der Waals surface area (Å²) in [4.78, 5) is 37.4. The molecule has 2 aliphatic heterocycles. The molecule has 0 radical (unpaired) electrons. The molecular weight excluding hydrogens is 586 g/mol. The van der Waals surface area contributed by atoms with E-state index >= 15 is 8.78 Å². The van der Waals surface area contributed by atoms with Gasteiger partial charge in [0.15, 0.2) is 0 Å². The lowest BCUT2D eigenvalue weighted by molar-refractivity contribution is -0.118. The molecule has 2 aromatic carbocycles. The summed E-state index contributed by atoms with van der Waals surface area (Å²) in [5.41, 5.74) is -0.390. The van der Waals surface area contributed by atoms with E-state index in [1.165, 1.54) is 43.4 Å². The van der Waals surface area contributed by atoms with Gasteiger partial charge in [0.2, 0.25) is 0 Å². The van der Waals surface area contributed by atoms with E-state index in [-0.39, 0.29) is 29.4 Å². The predicted octanol–water partition coefficient (Wildman–Crippen LogP) is 3.66. The average Bonchev–Trinajstić information content (AvgIpc) is 3.31. The Hall–Kier alpha value is -4.59. The van der Waals surface area contributed by atoms with Gasteiger partial charge in [0, 0.05) is 74.0 Å². The third-order valence-electron chi connectivity index (χ3n) is 7.71. The smallest absolute Gasteiger partial charge is 0.387 e. The number of nitrogens with zero attached hydrogens (tertiary/aromatic N) is 4. The maximum atomic E-state index is 15.4. The van der Waals surface area contributed by atoms with Crippen molar-refractivity contribution in [1.82, 2.24) is 15.2 Å². The molecule has 14 heteroatoms. The van der Waals surface area contributed by atoms with Crippen LogP contribution in [0.1, 0.15) is 21.8 Å².